The second-order valence-corrected chi connectivity index (χ2v) is 4.36. The van der Waals surface area contributed by atoms with E-state index in [0.29, 0.717) is 5.92 Å². The zero-order valence-corrected chi connectivity index (χ0v) is 8.05. The van der Waals surface area contributed by atoms with Gasteiger partial charge in [0, 0.05) is 1.37 Å². The first kappa shape index (κ1) is 8.52. The highest BCUT2D eigenvalue weighted by atomic mass is 17.1. The highest BCUT2D eigenvalue weighted by Crippen LogP contribution is 2.36. The molecular weight excluding hydrogens is 152 g/mol. The third kappa shape index (κ3) is 2.20. The van der Waals surface area contributed by atoms with Crippen LogP contribution in [0.4, 0.5) is 0 Å². The largest absolute Gasteiger partial charge is 0.251 e. The van der Waals surface area contributed by atoms with Crippen LogP contribution in [0.1, 0.15) is 47.8 Å². The topological polar surface area (TPSA) is 29.5 Å². The van der Waals surface area contributed by atoms with E-state index < -0.39 is 5.60 Å². The van der Waals surface area contributed by atoms with Crippen molar-refractivity contribution in [2.45, 2.75) is 52.0 Å². The maximum atomic E-state index is 8.78. The molecule has 1 aliphatic rings. The first-order valence-electron chi connectivity index (χ1n) is 5.45. The van der Waals surface area contributed by atoms with Crippen molar-refractivity contribution in [3.05, 3.63) is 0 Å². The van der Waals surface area contributed by atoms with Crippen LogP contribution in [0.15, 0.2) is 0 Å². The second kappa shape index (κ2) is 3.75. The van der Waals surface area contributed by atoms with E-state index in [0.717, 1.165) is 18.8 Å². The molecule has 0 aromatic rings. The van der Waals surface area contributed by atoms with Gasteiger partial charge in [-0.1, -0.05) is 19.8 Å². The molecule has 0 amide bonds. The van der Waals surface area contributed by atoms with E-state index >= 15 is 0 Å². The Labute approximate surface area is 76.3 Å². The molecule has 0 aliphatic heterocycles. The van der Waals surface area contributed by atoms with E-state index in [1.54, 1.807) is 0 Å². The Morgan fingerprint density at radius 3 is 2.42 bits per heavy atom. The van der Waals surface area contributed by atoms with Crippen LogP contribution >= 0.6 is 0 Å². The van der Waals surface area contributed by atoms with Crippen LogP contribution in [0.2, 0.25) is 0 Å². The van der Waals surface area contributed by atoms with Gasteiger partial charge in [0.1, 0.15) is 5.60 Å². The minimum absolute atomic E-state index is 0.141. The molecule has 0 spiro atoms. The maximum absolute atomic E-state index is 8.78. The maximum Gasteiger partial charge on any atom is 0.100 e. The summed E-state index contributed by atoms with van der Waals surface area (Å²) < 4.78 is 7.36. The molecule has 1 aliphatic carbocycles. The van der Waals surface area contributed by atoms with E-state index in [1.807, 2.05) is 6.92 Å². The fraction of sp³-hybridized carbons (Fsp3) is 1.00. The molecule has 0 saturated heterocycles. The molecular formula is C10H20O2. The Kier molecular flexibility index (Phi) is 2.66. The second-order valence-electron chi connectivity index (χ2n) is 4.36. The van der Waals surface area contributed by atoms with Crippen molar-refractivity contribution in [2.24, 2.45) is 11.8 Å². The van der Waals surface area contributed by atoms with Crippen LogP contribution in [0.25, 0.3) is 0 Å². The third-order valence-corrected chi connectivity index (χ3v) is 3.09. The number of rotatable bonds is 2. The lowest BCUT2D eigenvalue weighted by atomic mass is 9.75. The van der Waals surface area contributed by atoms with Gasteiger partial charge in [0.25, 0.3) is 0 Å². The fourth-order valence-electron chi connectivity index (χ4n) is 1.95. The van der Waals surface area contributed by atoms with Crippen molar-refractivity contribution in [1.82, 2.24) is 0 Å². The quantitative estimate of drug-likeness (QED) is 0.513. The molecule has 0 aromatic carbocycles. The molecule has 1 atom stereocenters. The summed E-state index contributed by atoms with van der Waals surface area (Å²) in [5.74, 6) is 1.15. The molecule has 1 unspecified atom stereocenters. The average molecular weight is 173 g/mol. The van der Waals surface area contributed by atoms with Crippen LogP contribution in [-0.2, 0) is 4.89 Å². The summed E-state index contributed by atoms with van der Waals surface area (Å²) in [6, 6.07) is 0. The highest BCUT2D eigenvalue weighted by Gasteiger charge is 2.33. The summed E-state index contributed by atoms with van der Waals surface area (Å²) in [6.07, 6.45) is 4.56. The number of hydrogen-bond acceptors (Lipinski definition) is 2. The van der Waals surface area contributed by atoms with Gasteiger partial charge in [-0.3, -0.25) is 5.26 Å². The smallest absolute Gasteiger partial charge is 0.100 e. The Bertz CT molecular complexity index is 149. The van der Waals surface area contributed by atoms with Crippen LogP contribution in [-0.4, -0.2) is 10.9 Å². The van der Waals surface area contributed by atoms with Crippen LogP contribution in [0.3, 0.4) is 0 Å². The van der Waals surface area contributed by atoms with E-state index in [9.17, 15) is 0 Å². The first-order chi connectivity index (χ1) is 6.12. The van der Waals surface area contributed by atoms with Crippen LogP contribution < -0.4 is 0 Å². The van der Waals surface area contributed by atoms with Crippen LogP contribution in [0.5, 0.6) is 0 Å². The Hall–Kier alpha value is -0.0800. The zero-order chi connectivity index (χ0) is 9.90. The molecule has 1 saturated carbocycles. The minimum atomic E-state index is -0.639. The summed E-state index contributed by atoms with van der Waals surface area (Å²) in [7, 11) is 0. The van der Waals surface area contributed by atoms with Gasteiger partial charge in [-0.15, -0.1) is 0 Å². The van der Waals surface area contributed by atoms with Crippen molar-refractivity contribution < 1.29 is 11.5 Å². The molecule has 72 valence electrons. The predicted octanol–water partition coefficient (Wildman–Crippen LogP) is 3.08. The molecule has 1 rings (SSSR count). The van der Waals surface area contributed by atoms with Gasteiger partial charge >= 0.3 is 0 Å². The van der Waals surface area contributed by atoms with Crippen molar-refractivity contribution in [3.8, 4) is 0 Å². The average Bonchev–Trinajstić information content (AvgIpc) is 2.18. The Morgan fingerprint density at radius 2 is 2.00 bits per heavy atom. The summed E-state index contributed by atoms with van der Waals surface area (Å²) in [5, 5.41) is 8.78. The standard InChI is InChI=1S/C10H20O2/c1-8-4-6-9(7-5-8)10(2,3)12-11/h8-9,11H,4-7H2,1-3H3/i2D. The zero-order valence-electron chi connectivity index (χ0n) is 9.05. The fourth-order valence-corrected chi connectivity index (χ4v) is 1.95. The SMILES string of the molecule is [2H]CC(C)(OO)C1CCC(C)CC1. The summed E-state index contributed by atoms with van der Waals surface area (Å²) in [4.78, 5) is 4.47. The van der Waals surface area contributed by atoms with E-state index in [1.165, 1.54) is 12.8 Å². The van der Waals surface area contributed by atoms with Gasteiger partial charge in [-0.05, 0) is 38.5 Å². The minimum Gasteiger partial charge on any atom is -0.251 e. The predicted molar refractivity (Wildman–Crippen MR) is 48.9 cm³/mol. The molecule has 1 N–H and O–H groups in total. The van der Waals surface area contributed by atoms with Gasteiger partial charge in [0.2, 0.25) is 0 Å². The molecule has 0 heterocycles. The van der Waals surface area contributed by atoms with Crippen molar-refractivity contribution in [2.75, 3.05) is 0 Å². The molecule has 2 heteroatoms. The van der Waals surface area contributed by atoms with Crippen LogP contribution in [0, 0.1) is 11.8 Å². The van der Waals surface area contributed by atoms with E-state index in [4.69, 9.17) is 6.63 Å². The van der Waals surface area contributed by atoms with Crippen molar-refractivity contribution in [1.29, 1.82) is 0 Å². The first-order valence-corrected chi connectivity index (χ1v) is 4.74. The molecule has 1 fully saturated rings. The van der Waals surface area contributed by atoms with E-state index in [-0.39, 0.29) is 6.90 Å². The van der Waals surface area contributed by atoms with Crippen molar-refractivity contribution in [3.63, 3.8) is 0 Å². The summed E-state index contributed by atoms with van der Waals surface area (Å²) in [6.45, 7) is 4.23. The third-order valence-electron chi connectivity index (χ3n) is 3.09. The Balaban J connectivity index is 2.51. The van der Waals surface area contributed by atoms with Gasteiger partial charge in [0.05, 0.1) is 0 Å². The van der Waals surface area contributed by atoms with Gasteiger partial charge < -0.3 is 0 Å². The molecule has 12 heavy (non-hydrogen) atoms. The normalized spacial score (nSPS) is 37.1. The van der Waals surface area contributed by atoms with Gasteiger partial charge in [-0.25, -0.2) is 4.89 Å². The Morgan fingerprint density at radius 1 is 1.42 bits per heavy atom. The lowest BCUT2D eigenvalue weighted by molar-refractivity contribution is -0.328. The molecule has 2 nitrogen and oxygen atoms in total. The molecule has 0 bridgehead atoms. The van der Waals surface area contributed by atoms with Gasteiger partial charge in [0.15, 0.2) is 0 Å². The van der Waals surface area contributed by atoms with Crippen molar-refractivity contribution >= 4 is 0 Å². The highest BCUT2D eigenvalue weighted by molar-refractivity contribution is 4.82. The lowest BCUT2D eigenvalue weighted by Crippen LogP contribution is -2.35. The monoisotopic (exact) mass is 173 g/mol. The van der Waals surface area contributed by atoms with Gasteiger partial charge in [-0.2, -0.15) is 0 Å². The summed E-state index contributed by atoms with van der Waals surface area (Å²) >= 11 is 0. The summed E-state index contributed by atoms with van der Waals surface area (Å²) in [5.41, 5.74) is -0.639. The number of hydrogen-bond donors (Lipinski definition) is 1. The van der Waals surface area contributed by atoms with E-state index in [2.05, 4.69) is 11.8 Å². The lowest BCUT2D eigenvalue weighted by Gasteiger charge is -2.35. The molecule has 0 radical (unpaired) electrons. The molecule has 0 aromatic heterocycles.